The molecule has 0 saturated carbocycles. The first-order valence-corrected chi connectivity index (χ1v) is 12.0. The third-order valence-electron chi connectivity index (χ3n) is 6.89. The van der Waals surface area contributed by atoms with Gasteiger partial charge in [-0.1, -0.05) is 0 Å². The first-order chi connectivity index (χ1) is 17.4. The lowest BCUT2D eigenvalue weighted by molar-refractivity contribution is -0.136. The first kappa shape index (κ1) is 23.7. The van der Waals surface area contributed by atoms with Crippen LogP contribution >= 0.6 is 0 Å². The zero-order valence-corrected chi connectivity index (χ0v) is 19.9. The van der Waals surface area contributed by atoms with E-state index in [9.17, 15) is 19.2 Å². The van der Waals surface area contributed by atoms with Gasteiger partial charge in [0.25, 0.3) is 11.8 Å². The Kier molecular flexibility index (Phi) is 6.53. The predicted octanol–water partition coefficient (Wildman–Crippen LogP) is 1.32. The second kappa shape index (κ2) is 9.92. The van der Waals surface area contributed by atoms with Gasteiger partial charge in [-0.05, 0) is 55.5 Å². The summed E-state index contributed by atoms with van der Waals surface area (Å²) in [5.74, 6) is -0.239. The number of piperidine rings is 2. The fourth-order valence-corrected chi connectivity index (χ4v) is 4.96. The summed E-state index contributed by atoms with van der Waals surface area (Å²) in [6, 6.07) is 7.68. The second-order valence-corrected chi connectivity index (χ2v) is 9.14. The summed E-state index contributed by atoms with van der Waals surface area (Å²) in [5.41, 5.74) is 1.55. The maximum Gasteiger partial charge on any atom is 0.274 e. The minimum atomic E-state index is -0.658. The summed E-state index contributed by atoms with van der Waals surface area (Å²) in [6.45, 7) is 1.20. The normalized spacial score (nSPS) is 21.8. The van der Waals surface area contributed by atoms with Gasteiger partial charge >= 0.3 is 0 Å². The molecule has 1 N–H and O–H groups in total. The lowest BCUT2D eigenvalue weighted by atomic mass is 10.0. The number of imide groups is 1. The van der Waals surface area contributed by atoms with Crippen LogP contribution in [0.5, 0.6) is 11.6 Å². The van der Waals surface area contributed by atoms with Crippen LogP contribution in [0, 0.1) is 0 Å². The molecule has 0 aliphatic carbocycles. The smallest absolute Gasteiger partial charge is 0.274 e. The van der Waals surface area contributed by atoms with E-state index in [0.29, 0.717) is 36.8 Å². The maximum atomic E-state index is 13.1. The number of aromatic nitrogens is 2. The minimum absolute atomic E-state index is 0.120. The van der Waals surface area contributed by atoms with Crippen LogP contribution in [0.3, 0.4) is 0 Å². The van der Waals surface area contributed by atoms with Gasteiger partial charge in [0, 0.05) is 31.1 Å². The molecule has 2 atom stereocenters. The SMILES string of the molecule is COc1ccc(C(=O)N2CCCC[C@H]2COc2ccc3c(c2)CN(C2CCC(=O)NC2=O)C3=O)nn1. The van der Waals surface area contributed by atoms with Gasteiger partial charge in [0.1, 0.15) is 18.4 Å². The van der Waals surface area contributed by atoms with Crippen molar-refractivity contribution in [2.24, 2.45) is 0 Å². The van der Waals surface area contributed by atoms with Crippen LogP contribution in [0.2, 0.25) is 0 Å². The molecule has 36 heavy (non-hydrogen) atoms. The third kappa shape index (κ3) is 4.60. The predicted molar refractivity (Wildman–Crippen MR) is 125 cm³/mol. The highest BCUT2D eigenvalue weighted by Crippen LogP contribution is 2.30. The van der Waals surface area contributed by atoms with E-state index in [1.807, 2.05) is 6.07 Å². The Morgan fingerprint density at radius 3 is 2.72 bits per heavy atom. The van der Waals surface area contributed by atoms with Crippen molar-refractivity contribution in [1.82, 2.24) is 25.3 Å². The zero-order chi connectivity index (χ0) is 25.2. The van der Waals surface area contributed by atoms with Crippen molar-refractivity contribution in [2.75, 3.05) is 20.3 Å². The maximum absolute atomic E-state index is 13.1. The Labute approximate surface area is 207 Å². The average molecular weight is 494 g/mol. The van der Waals surface area contributed by atoms with Gasteiger partial charge in [-0.3, -0.25) is 24.5 Å². The quantitative estimate of drug-likeness (QED) is 0.596. The highest BCUT2D eigenvalue weighted by atomic mass is 16.5. The van der Waals surface area contributed by atoms with E-state index in [1.165, 1.54) is 12.0 Å². The molecule has 2 aromatic rings. The van der Waals surface area contributed by atoms with E-state index >= 15 is 0 Å². The van der Waals surface area contributed by atoms with Crippen LogP contribution in [0.15, 0.2) is 30.3 Å². The molecule has 1 unspecified atom stereocenters. The Morgan fingerprint density at radius 2 is 1.97 bits per heavy atom. The summed E-state index contributed by atoms with van der Waals surface area (Å²) in [7, 11) is 1.49. The molecule has 0 bridgehead atoms. The Balaban J connectivity index is 1.24. The highest BCUT2D eigenvalue weighted by Gasteiger charge is 2.39. The number of nitrogens with one attached hydrogen (secondary N) is 1. The molecular weight excluding hydrogens is 466 g/mol. The number of benzene rings is 1. The number of rotatable bonds is 6. The summed E-state index contributed by atoms with van der Waals surface area (Å²) in [5, 5.41) is 10.2. The number of hydrogen-bond donors (Lipinski definition) is 1. The number of fused-ring (bicyclic) bond motifs is 1. The van der Waals surface area contributed by atoms with Crippen molar-refractivity contribution >= 4 is 23.6 Å². The molecule has 1 aromatic carbocycles. The molecule has 188 valence electrons. The Hall–Kier alpha value is -4.02. The molecule has 0 spiro atoms. The number of hydrogen-bond acceptors (Lipinski definition) is 8. The zero-order valence-electron chi connectivity index (χ0n) is 19.9. The number of carbonyl (C=O) groups excluding carboxylic acids is 4. The highest BCUT2D eigenvalue weighted by molar-refractivity contribution is 6.05. The fourth-order valence-electron chi connectivity index (χ4n) is 4.96. The molecule has 0 radical (unpaired) electrons. The number of likely N-dealkylation sites (tertiary alicyclic amines) is 1. The molecule has 1 aromatic heterocycles. The summed E-state index contributed by atoms with van der Waals surface area (Å²) >= 11 is 0. The largest absolute Gasteiger partial charge is 0.491 e. The summed E-state index contributed by atoms with van der Waals surface area (Å²) < 4.78 is 11.1. The number of carbonyl (C=O) groups is 4. The van der Waals surface area contributed by atoms with Crippen LogP contribution in [0.4, 0.5) is 0 Å². The van der Waals surface area contributed by atoms with E-state index in [0.717, 1.165) is 24.8 Å². The molecular formula is C25H27N5O6. The summed E-state index contributed by atoms with van der Waals surface area (Å²) in [4.78, 5) is 53.0. The van der Waals surface area contributed by atoms with Crippen molar-refractivity contribution < 1.29 is 28.7 Å². The van der Waals surface area contributed by atoms with Crippen LogP contribution in [0.25, 0.3) is 0 Å². The number of nitrogens with zero attached hydrogens (tertiary/aromatic N) is 4. The number of amides is 4. The molecule has 2 fully saturated rings. The fraction of sp³-hybridized carbons (Fsp3) is 0.440. The molecule has 2 saturated heterocycles. The van der Waals surface area contributed by atoms with Crippen LogP contribution in [0.1, 0.15) is 58.5 Å². The van der Waals surface area contributed by atoms with Crippen molar-refractivity contribution in [2.45, 2.75) is 50.7 Å². The molecule has 3 aliphatic rings. The second-order valence-electron chi connectivity index (χ2n) is 9.14. The monoisotopic (exact) mass is 493 g/mol. The topological polar surface area (TPSA) is 131 Å². The van der Waals surface area contributed by atoms with Gasteiger partial charge in [0.15, 0.2) is 5.69 Å². The van der Waals surface area contributed by atoms with Crippen molar-refractivity contribution in [3.63, 3.8) is 0 Å². The van der Waals surface area contributed by atoms with Crippen LogP contribution in [-0.4, -0.2) is 76.0 Å². The number of methoxy groups -OCH3 is 1. The van der Waals surface area contributed by atoms with E-state index in [2.05, 4.69) is 15.5 Å². The molecule has 4 heterocycles. The van der Waals surface area contributed by atoms with Gasteiger partial charge < -0.3 is 19.3 Å². The van der Waals surface area contributed by atoms with E-state index in [1.54, 1.807) is 29.2 Å². The Bertz CT molecular complexity index is 1200. The van der Waals surface area contributed by atoms with Gasteiger partial charge in [-0.25, -0.2) is 0 Å². The van der Waals surface area contributed by atoms with E-state index in [4.69, 9.17) is 9.47 Å². The molecule has 4 amide bonds. The average Bonchev–Trinajstić information content (AvgIpc) is 3.22. The van der Waals surface area contributed by atoms with Gasteiger partial charge in [-0.15, -0.1) is 10.2 Å². The molecule has 3 aliphatic heterocycles. The standard InChI is InChI=1S/C25H27N5O6/c1-35-22-10-7-19(27-28-22)25(34)29-11-3-2-4-16(29)14-36-17-5-6-18-15(12-17)13-30(24(18)33)20-8-9-21(31)26-23(20)32/h5-7,10,12,16,20H,2-4,8-9,11,13-14H2,1H3,(H,26,31,32)/t16-,20?/m0/s1. The van der Waals surface area contributed by atoms with Gasteiger partial charge in [-0.2, -0.15) is 0 Å². The van der Waals surface area contributed by atoms with Crippen LogP contribution < -0.4 is 14.8 Å². The van der Waals surface area contributed by atoms with Gasteiger partial charge in [0.05, 0.1) is 13.2 Å². The lowest BCUT2D eigenvalue weighted by Crippen LogP contribution is -2.52. The minimum Gasteiger partial charge on any atom is -0.491 e. The van der Waals surface area contributed by atoms with E-state index < -0.39 is 11.9 Å². The third-order valence-corrected chi connectivity index (χ3v) is 6.89. The first-order valence-electron chi connectivity index (χ1n) is 12.0. The van der Waals surface area contributed by atoms with Crippen molar-refractivity contribution in [3.8, 4) is 11.6 Å². The van der Waals surface area contributed by atoms with E-state index in [-0.39, 0.29) is 42.4 Å². The molecule has 11 heteroatoms. The van der Waals surface area contributed by atoms with Crippen molar-refractivity contribution in [3.05, 3.63) is 47.2 Å². The Morgan fingerprint density at radius 1 is 1.11 bits per heavy atom. The summed E-state index contributed by atoms with van der Waals surface area (Å²) in [6.07, 6.45) is 3.23. The van der Waals surface area contributed by atoms with Crippen LogP contribution in [-0.2, 0) is 16.1 Å². The van der Waals surface area contributed by atoms with Gasteiger partial charge in [0.2, 0.25) is 17.7 Å². The number of ether oxygens (including phenoxy) is 2. The molecule has 11 nitrogen and oxygen atoms in total. The lowest BCUT2D eigenvalue weighted by Gasteiger charge is -2.35. The molecule has 5 rings (SSSR count). The van der Waals surface area contributed by atoms with Crippen molar-refractivity contribution in [1.29, 1.82) is 0 Å².